The molecule has 5 heteroatoms. The van der Waals surface area contributed by atoms with Gasteiger partial charge in [0.2, 0.25) is 0 Å². The van der Waals surface area contributed by atoms with Crippen LogP contribution in [0.15, 0.2) is 0 Å². The molecule has 0 atom stereocenters. The Morgan fingerprint density at radius 3 is 1.85 bits per heavy atom. The van der Waals surface area contributed by atoms with E-state index in [1.165, 1.54) is 85.9 Å². The van der Waals surface area contributed by atoms with Gasteiger partial charge in [0.25, 0.3) is 0 Å². The van der Waals surface area contributed by atoms with Gasteiger partial charge in [-0.05, 0) is 0 Å². The number of unbranched alkanes of at least 4 members (excludes halogenated alkanes) is 10. The Balaban J connectivity index is 4.01. The second kappa shape index (κ2) is 22.6. The van der Waals surface area contributed by atoms with Crippen molar-refractivity contribution in [2.75, 3.05) is 11.5 Å². The molecule has 0 heterocycles. The predicted molar refractivity (Wildman–Crippen MR) is 121 cm³/mol. The summed E-state index contributed by atoms with van der Waals surface area (Å²) in [6.07, 6.45) is 17.8. The Labute approximate surface area is 180 Å². The van der Waals surface area contributed by atoms with Gasteiger partial charge in [0, 0.05) is 0 Å². The SMILES string of the molecule is CCCCCCC[CH2][Sn]([CH2]CCCCCCC)[O]C(=O)CCSCCC=O. The van der Waals surface area contributed by atoms with E-state index in [1.807, 2.05) is 0 Å². The number of carbonyl (C=O) groups is 2. The quantitative estimate of drug-likeness (QED) is 0.0960. The first-order chi connectivity index (χ1) is 13.2. The van der Waals surface area contributed by atoms with E-state index in [-0.39, 0.29) is 5.97 Å². The van der Waals surface area contributed by atoms with Crippen molar-refractivity contribution in [1.29, 1.82) is 0 Å². The fourth-order valence-corrected chi connectivity index (χ4v) is 10.00. The Kier molecular flexibility index (Phi) is 22.8. The summed E-state index contributed by atoms with van der Waals surface area (Å²) in [6.45, 7) is 4.51. The third kappa shape index (κ3) is 20.8. The molecule has 0 amide bonds. The second-order valence-corrected chi connectivity index (χ2v) is 15.1. The van der Waals surface area contributed by atoms with Gasteiger partial charge in [-0.3, -0.25) is 0 Å². The number of rotatable bonds is 21. The van der Waals surface area contributed by atoms with E-state index in [9.17, 15) is 9.59 Å². The molecule has 0 unspecified atom stereocenters. The van der Waals surface area contributed by atoms with E-state index in [4.69, 9.17) is 3.07 Å². The molecule has 27 heavy (non-hydrogen) atoms. The van der Waals surface area contributed by atoms with Crippen LogP contribution in [0.3, 0.4) is 0 Å². The molecule has 0 spiro atoms. The van der Waals surface area contributed by atoms with Crippen LogP contribution in [-0.4, -0.2) is 43.9 Å². The van der Waals surface area contributed by atoms with Gasteiger partial charge in [0.1, 0.15) is 0 Å². The first-order valence-corrected chi connectivity index (χ1v) is 17.7. The van der Waals surface area contributed by atoms with Crippen LogP contribution in [0.1, 0.15) is 104 Å². The van der Waals surface area contributed by atoms with Crippen molar-refractivity contribution in [3.05, 3.63) is 0 Å². The summed E-state index contributed by atoms with van der Waals surface area (Å²) in [6, 6.07) is 0. The molecule has 0 saturated carbocycles. The van der Waals surface area contributed by atoms with Crippen LogP contribution in [0.5, 0.6) is 0 Å². The van der Waals surface area contributed by atoms with Crippen LogP contribution in [0, 0.1) is 0 Å². The molecule has 159 valence electrons. The van der Waals surface area contributed by atoms with Crippen molar-refractivity contribution in [2.24, 2.45) is 0 Å². The zero-order chi connectivity index (χ0) is 20.0. The Bertz CT molecular complexity index is 324. The standard InChI is InChI=1S/2C8H17.C6H10O3S.Sn/c2*1-3-5-7-8-6-4-2;7-3-1-4-10-5-2-6(8)9;/h2*1,3-8H2,2H3;3H,1-2,4-5H2,(H,8,9);/q;;;+1/p-1. The minimum absolute atomic E-state index is 0.0277. The maximum atomic E-state index is 12.2. The third-order valence-corrected chi connectivity index (χ3v) is 12.4. The molecule has 0 aromatic heterocycles. The van der Waals surface area contributed by atoms with Crippen LogP contribution >= 0.6 is 11.8 Å². The van der Waals surface area contributed by atoms with Crippen LogP contribution in [0.2, 0.25) is 8.87 Å². The van der Waals surface area contributed by atoms with Crippen molar-refractivity contribution in [2.45, 2.75) is 113 Å². The second-order valence-electron chi connectivity index (χ2n) is 7.37. The fraction of sp³-hybridized carbons (Fsp3) is 0.909. The average Bonchev–Trinajstić information content (AvgIpc) is 2.66. The van der Waals surface area contributed by atoms with Crippen molar-refractivity contribution < 1.29 is 12.7 Å². The molecule has 0 aliphatic rings. The molecular formula is C22H43O3SSn. The van der Waals surface area contributed by atoms with Crippen LogP contribution < -0.4 is 0 Å². The van der Waals surface area contributed by atoms with Gasteiger partial charge in [0.15, 0.2) is 0 Å². The van der Waals surface area contributed by atoms with Gasteiger partial charge < -0.3 is 0 Å². The fourth-order valence-electron chi connectivity index (χ4n) is 3.03. The molecule has 0 rings (SSSR count). The molecule has 3 nitrogen and oxygen atoms in total. The zero-order valence-corrected chi connectivity index (χ0v) is 21.6. The zero-order valence-electron chi connectivity index (χ0n) is 17.9. The molecule has 0 saturated heterocycles. The average molecular weight is 506 g/mol. The number of thioether (sulfide) groups is 1. The Morgan fingerprint density at radius 2 is 1.33 bits per heavy atom. The van der Waals surface area contributed by atoms with Gasteiger partial charge in [-0.1, -0.05) is 0 Å². The third-order valence-electron chi connectivity index (χ3n) is 4.71. The van der Waals surface area contributed by atoms with Crippen molar-refractivity contribution in [1.82, 2.24) is 0 Å². The number of aldehydes is 1. The number of hydrogen-bond acceptors (Lipinski definition) is 4. The molecule has 0 aliphatic carbocycles. The normalized spacial score (nSPS) is 11.1. The number of hydrogen-bond donors (Lipinski definition) is 0. The van der Waals surface area contributed by atoms with Gasteiger partial charge in [-0.15, -0.1) is 0 Å². The molecule has 0 aromatic carbocycles. The maximum absolute atomic E-state index is 12.2. The van der Waals surface area contributed by atoms with Crippen molar-refractivity contribution in [3.8, 4) is 0 Å². The monoisotopic (exact) mass is 507 g/mol. The first kappa shape index (κ1) is 27.3. The molecule has 0 bridgehead atoms. The molecule has 0 aromatic rings. The van der Waals surface area contributed by atoms with E-state index < -0.39 is 20.2 Å². The van der Waals surface area contributed by atoms with Gasteiger partial charge in [-0.2, -0.15) is 0 Å². The first-order valence-electron chi connectivity index (χ1n) is 11.3. The molecule has 0 aliphatic heterocycles. The molecule has 0 N–H and O–H groups in total. The van der Waals surface area contributed by atoms with E-state index >= 15 is 0 Å². The molecule has 1 radical (unpaired) electrons. The minimum atomic E-state index is -2.01. The summed E-state index contributed by atoms with van der Waals surface area (Å²) in [7, 11) is 0. The van der Waals surface area contributed by atoms with Gasteiger partial charge in [0.05, 0.1) is 0 Å². The Hall–Kier alpha value is 0.289. The molecule has 0 fully saturated rings. The number of carbonyl (C=O) groups excluding carboxylic acids is 2. The van der Waals surface area contributed by atoms with Crippen LogP contribution in [-0.2, 0) is 12.7 Å². The van der Waals surface area contributed by atoms with Crippen molar-refractivity contribution in [3.63, 3.8) is 0 Å². The summed E-state index contributed by atoms with van der Waals surface area (Å²) >= 11 is -0.330. The predicted octanol–water partition coefficient (Wildman–Crippen LogP) is 6.95. The van der Waals surface area contributed by atoms with E-state index in [0.29, 0.717) is 12.8 Å². The van der Waals surface area contributed by atoms with Crippen molar-refractivity contribution >= 4 is 44.2 Å². The molecular weight excluding hydrogens is 463 g/mol. The van der Waals surface area contributed by atoms with E-state index in [1.54, 1.807) is 11.8 Å². The van der Waals surface area contributed by atoms with Crippen LogP contribution in [0.25, 0.3) is 0 Å². The van der Waals surface area contributed by atoms with E-state index in [2.05, 4.69) is 13.8 Å². The van der Waals surface area contributed by atoms with Gasteiger partial charge in [-0.25, -0.2) is 0 Å². The summed E-state index contributed by atoms with van der Waals surface area (Å²) in [5, 5.41) is 0. The summed E-state index contributed by atoms with van der Waals surface area (Å²) in [5.41, 5.74) is 0. The summed E-state index contributed by atoms with van der Waals surface area (Å²) in [5.74, 6) is 1.63. The summed E-state index contributed by atoms with van der Waals surface area (Å²) in [4.78, 5) is 22.5. The summed E-state index contributed by atoms with van der Waals surface area (Å²) < 4.78 is 8.42. The van der Waals surface area contributed by atoms with Gasteiger partial charge >= 0.3 is 181 Å². The van der Waals surface area contributed by atoms with E-state index in [0.717, 1.165) is 17.8 Å². The topological polar surface area (TPSA) is 43.4 Å². The van der Waals surface area contributed by atoms with Crippen LogP contribution in [0.4, 0.5) is 0 Å². The Morgan fingerprint density at radius 1 is 0.815 bits per heavy atom.